The van der Waals surface area contributed by atoms with Crippen molar-refractivity contribution in [3.05, 3.63) is 24.3 Å². The Bertz CT molecular complexity index is 450. The number of carbonyl (C=O) groups excluding carboxylic acids is 1. The Kier molecular flexibility index (Phi) is 3.83. The van der Waals surface area contributed by atoms with E-state index < -0.39 is 0 Å². The molecular weight excluding hydrogens is 254 g/mol. The second-order valence-corrected chi connectivity index (χ2v) is 7.23. The molecule has 1 aromatic rings. The lowest BCUT2D eigenvalue weighted by atomic mass is 10.3. The summed E-state index contributed by atoms with van der Waals surface area (Å²) in [5.41, 5.74) is 0.930. The summed E-state index contributed by atoms with van der Waals surface area (Å²) in [5.74, 6) is 0.994. The number of amides is 1. The Morgan fingerprint density at radius 3 is 2.42 bits per heavy atom. The number of hydrogen-bond donors (Lipinski definition) is 1. The van der Waals surface area contributed by atoms with Gasteiger partial charge in [-0.25, -0.2) is 0 Å². The van der Waals surface area contributed by atoms with Crippen LogP contribution in [0.5, 0.6) is 0 Å². The first-order valence-corrected chi connectivity index (χ1v) is 8.18. The molecule has 2 fully saturated rings. The van der Waals surface area contributed by atoms with Gasteiger partial charge < -0.3 is 5.32 Å². The fourth-order valence-electron chi connectivity index (χ4n) is 2.74. The van der Waals surface area contributed by atoms with Crippen molar-refractivity contribution in [2.45, 2.75) is 49.2 Å². The van der Waals surface area contributed by atoms with Gasteiger partial charge in [0.05, 0.1) is 0 Å². The van der Waals surface area contributed by atoms with E-state index in [2.05, 4.69) is 24.4 Å². The molecular formula is C16H21NOS. The van der Waals surface area contributed by atoms with Gasteiger partial charge in [-0.3, -0.25) is 4.79 Å². The van der Waals surface area contributed by atoms with E-state index in [1.807, 2.05) is 23.9 Å². The summed E-state index contributed by atoms with van der Waals surface area (Å²) in [5, 5.41) is 3.81. The third kappa shape index (κ3) is 3.33. The molecule has 0 radical (unpaired) electrons. The highest BCUT2D eigenvalue weighted by Gasteiger charge is 2.38. The minimum Gasteiger partial charge on any atom is -0.326 e. The van der Waals surface area contributed by atoms with E-state index in [1.54, 1.807) is 0 Å². The predicted octanol–water partition coefficient (Wildman–Crippen LogP) is 4.32. The first-order valence-electron chi connectivity index (χ1n) is 7.30. The molecule has 2 aliphatic carbocycles. The molecule has 0 aromatic heterocycles. The topological polar surface area (TPSA) is 29.1 Å². The van der Waals surface area contributed by atoms with Crippen LogP contribution in [0.25, 0.3) is 0 Å². The number of nitrogens with one attached hydrogen (secondary N) is 1. The van der Waals surface area contributed by atoms with Crippen LogP contribution in [0.15, 0.2) is 29.2 Å². The number of hydrogen-bond acceptors (Lipinski definition) is 2. The molecule has 1 N–H and O–H groups in total. The first-order chi connectivity index (χ1) is 9.22. The van der Waals surface area contributed by atoms with E-state index in [4.69, 9.17) is 0 Å². The quantitative estimate of drug-likeness (QED) is 0.887. The summed E-state index contributed by atoms with van der Waals surface area (Å²) < 4.78 is 0. The van der Waals surface area contributed by atoms with Crippen LogP contribution in [0.2, 0.25) is 0 Å². The summed E-state index contributed by atoms with van der Waals surface area (Å²) in [6, 6.07) is 8.33. The van der Waals surface area contributed by atoms with E-state index in [1.165, 1.54) is 30.6 Å². The molecule has 19 heavy (non-hydrogen) atoms. The van der Waals surface area contributed by atoms with Crippen molar-refractivity contribution in [1.82, 2.24) is 0 Å². The van der Waals surface area contributed by atoms with Crippen molar-refractivity contribution in [3.63, 3.8) is 0 Å². The Morgan fingerprint density at radius 1 is 1.21 bits per heavy atom. The molecule has 2 aliphatic rings. The van der Waals surface area contributed by atoms with Gasteiger partial charge in [0.2, 0.25) is 5.91 Å². The Balaban J connectivity index is 1.54. The van der Waals surface area contributed by atoms with Crippen molar-refractivity contribution in [2.75, 3.05) is 5.32 Å². The third-order valence-corrected chi connectivity index (χ3v) is 5.52. The minimum atomic E-state index is 0.184. The van der Waals surface area contributed by atoms with Crippen LogP contribution < -0.4 is 5.32 Å². The molecule has 1 aromatic carbocycles. The van der Waals surface area contributed by atoms with Crippen LogP contribution in [0.4, 0.5) is 5.69 Å². The van der Waals surface area contributed by atoms with Gasteiger partial charge in [0.15, 0.2) is 0 Å². The summed E-state index contributed by atoms with van der Waals surface area (Å²) >= 11 is 1.99. The lowest BCUT2D eigenvalue weighted by molar-refractivity contribution is -0.117. The molecule has 0 saturated heterocycles. The van der Waals surface area contributed by atoms with Gasteiger partial charge in [-0.05, 0) is 49.4 Å². The predicted molar refractivity (Wildman–Crippen MR) is 80.5 cm³/mol. The highest BCUT2D eigenvalue weighted by molar-refractivity contribution is 8.00. The van der Waals surface area contributed by atoms with E-state index in [0.717, 1.165) is 17.4 Å². The second-order valence-electron chi connectivity index (χ2n) is 5.86. The number of carbonyl (C=O) groups is 1. The first kappa shape index (κ1) is 13.0. The minimum absolute atomic E-state index is 0.184. The van der Waals surface area contributed by atoms with Crippen molar-refractivity contribution in [1.29, 1.82) is 0 Å². The zero-order chi connectivity index (χ0) is 13.2. The molecule has 2 saturated carbocycles. The maximum Gasteiger partial charge on any atom is 0.227 e. The fraction of sp³-hybridized carbons (Fsp3) is 0.562. The molecule has 2 atom stereocenters. The second kappa shape index (κ2) is 5.58. The van der Waals surface area contributed by atoms with Gasteiger partial charge in [-0.15, -0.1) is 11.8 Å². The summed E-state index contributed by atoms with van der Waals surface area (Å²) in [7, 11) is 0. The number of rotatable bonds is 4. The molecule has 3 heteroatoms. The molecule has 0 spiro atoms. The monoisotopic (exact) mass is 275 g/mol. The molecule has 102 valence electrons. The van der Waals surface area contributed by atoms with E-state index in [0.29, 0.717) is 5.92 Å². The largest absolute Gasteiger partial charge is 0.326 e. The maximum absolute atomic E-state index is 11.8. The Morgan fingerprint density at radius 2 is 1.84 bits per heavy atom. The molecule has 0 bridgehead atoms. The van der Waals surface area contributed by atoms with Crippen LogP contribution in [0, 0.1) is 11.8 Å². The average molecular weight is 275 g/mol. The average Bonchev–Trinajstić information content (AvgIpc) is 2.92. The molecule has 0 aliphatic heterocycles. The maximum atomic E-state index is 11.8. The third-order valence-electron chi connectivity index (χ3n) is 4.17. The number of thioether (sulfide) groups is 1. The highest BCUT2D eigenvalue weighted by atomic mass is 32.2. The van der Waals surface area contributed by atoms with Crippen molar-refractivity contribution >= 4 is 23.4 Å². The van der Waals surface area contributed by atoms with Gasteiger partial charge in [0.1, 0.15) is 0 Å². The standard InChI is InChI=1S/C16H21NOS/c1-11-10-15(11)16(18)17-12-6-8-14(9-7-12)19-13-4-2-3-5-13/h6-9,11,13,15H,2-5,10H2,1H3,(H,17,18)/t11-,15-/m1/s1. The zero-order valence-electron chi connectivity index (χ0n) is 11.4. The van der Waals surface area contributed by atoms with Gasteiger partial charge in [-0.2, -0.15) is 0 Å². The van der Waals surface area contributed by atoms with Crippen LogP contribution in [0.3, 0.4) is 0 Å². The highest BCUT2D eigenvalue weighted by Crippen LogP contribution is 2.39. The van der Waals surface area contributed by atoms with Gasteiger partial charge in [0, 0.05) is 21.8 Å². The summed E-state index contributed by atoms with van der Waals surface area (Å²) in [6.45, 7) is 2.13. The van der Waals surface area contributed by atoms with Crippen molar-refractivity contribution in [2.24, 2.45) is 11.8 Å². The van der Waals surface area contributed by atoms with E-state index in [-0.39, 0.29) is 11.8 Å². The number of anilines is 1. The van der Waals surface area contributed by atoms with Crippen LogP contribution >= 0.6 is 11.8 Å². The lowest BCUT2D eigenvalue weighted by Crippen LogP contribution is -2.14. The van der Waals surface area contributed by atoms with Crippen molar-refractivity contribution < 1.29 is 4.79 Å². The fourth-order valence-corrected chi connectivity index (χ4v) is 3.99. The van der Waals surface area contributed by atoms with Crippen LogP contribution in [-0.4, -0.2) is 11.2 Å². The smallest absolute Gasteiger partial charge is 0.227 e. The lowest BCUT2D eigenvalue weighted by Gasteiger charge is -2.09. The normalized spacial score (nSPS) is 26.4. The molecule has 2 nitrogen and oxygen atoms in total. The SMILES string of the molecule is C[C@@H]1C[C@H]1C(=O)Nc1ccc(SC2CCCC2)cc1. The Labute approximate surface area is 119 Å². The summed E-state index contributed by atoms with van der Waals surface area (Å²) in [4.78, 5) is 13.2. The molecule has 0 unspecified atom stereocenters. The van der Waals surface area contributed by atoms with E-state index in [9.17, 15) is 4.79 Å². The van der Waals surface area contributed by atoms with Crippen LogP contribution in [-0.2, 0) is 4.79 Å². The summed E-state index contributed by atoms with van der Waals surface area (Å²) in [6.07, 6.45) is 6.50. The van der Waals surface area contributed by atoms with Gasteiger partial charge in [-0.1, -0.05) is 19.8 Å². The molecule has 1 amide bonds. The molecule has 0 heterocycles. The van der Waals surface area contributed by atoms with E-state index >= 15 is 0 Å². The van der Waals surface area contributed by atoms with Gasteiger partial charge >= 0.3 is 0 Å². The van der Waals surface area contributed by atoms with Crippen molar-refractivity contribution in [3.8, 4) is 0 Å². The Hall–Kier alpha value is -0.960. The van der Waals surface area contributed by atoms with Gasteiger partial charge in [0.25, 0.3) is 0 Å². The van der Waals surface area contributed by atoms with Crippen LogP contribution in [0.1, 0.15) is 39.0 Å². The zero-order valence-corrected chi connectivity index (χ0v) is 12.2. The molecule has 3 rings (SSSR count). The number of benzene rings is 1.